The second kappa shape index (κ2) is 8.23. The van der Waals surface area contributed by atoms with Gasteiger partial charge in [-0.15, -0.1) is 0 Å². The van der Waals surface area contributed by atoms with Gasteiger partial charge in [-0.3, -0.25) is 4.98 Å². The lowest BCUT2D eigenvalue weighted by Gasteiger charge is -2.12. The van der Waals surface area contributed by atoms with E-state index in [1.54, 1.807) is 30.6 Å². The molecule has 0 N–H and O–H groups in total. The highest BCUT2D eigenvalue weighted by molar-refractivity contribution is 6.30. The molecule has 0 saturated carbocycles. The minimum atomic E-state index is -0.759. The van der Waals surface area contributed by atoms with Crippen molar-refractivity contribution in [1.82, 2.24) is 4.98 Å². The highest BCUT2D eigenvalue weighted by Gasteiger charge is 2.12. The molecule has 2 aromatic carbocycles. The van der Waals surface area contributed by atoms with Crippen molar-refractivity contribution >= 4 is 34.4 Å². The summed E-state index contributed by atoms with van der Waals surface area (Å²) in [5.74, 6) is 0.224. The van der Waals surface area contributed by atoms with Gasteiger partial charge >= 0.3 is 5.97 Å². The van der Waals surface area contributed by atoms with E-state index >= 15 is 0 Å². The minimum Gasteiger partial charge on any atom is -0.466 e. The molecule has 0 aliphatic rings. The maximum atomic E-state index is 11.8. The van der Waals surface area contributed by atoms with Crippen LogP contribution in [0, 0.1) is 0 Å². The summed E-state index contributed by atoms with van der Waals surface area (Å²) in [7, 11) is 1.20. The van der Waals surface area contributed by atoms with Gasteiger partial charge in [0.25, 0.3) is 0 Å². The summed E-state index contributed by atoms with van der Waals surface area (Å²) in [5, 5.41) is 5.61. The van der Waals surface area contributed by atoms with Crippen molar-refractivity contribution in [3.05, 3.63) is 81.6 Å². The molecule has 134 valence electrons. The summed E-state index contributed by atoms with van der Waals surface area (Å²) >= 11 is 6.10. The first-order valence-corrected chi connectivity index (χ1v) is 8.15. The zero-order chi connectivity index (χ0) is 19.2. The first kappa shape index (κ1) is 18.3. The lowest BCUT2D eigenvalue weighted by molar-refractivity contribution is -0.136. The average Bonchev–Trinajstić information content (AvgIpc) is 2.69. The predicted octanol–water partition coefficient (Wildman–Crippen LogP) is 5.50. The first-order chi connectivity index (χ1) is 13.1. The number of nitrogens with zero attached hydrogens (tertiary/aromatic N) is 4. The van der Waals surface area contributed by atoms with E-state index in [1.165, 1.54) is 13.2 Å². The average molecular weight is 381 g/mol. The number of rotatable bonds is 5. The topological polar surface area (TPSA) is 97.2 Å². The van der Waals surface area contributed by atoms with E-state index in [9.17, 15) is 4.79 Å². The van der Waals surface area contributed by atoms with E-state index in [-0.39, 0.29) is 5.70 Å². The van der Waals surface area contributed by atoms with Crippen molar-refractivity contribution in [3.63, 3.8) is 0 Å². The number of benzene rings is 2. The molecule has 0 aliphatic heterocycles. The summed E-state index contributed by atoms with van der Waals surface area (Å²) < 4.78 is 10.7. The van der Waals surface area contributed by atoms with Gasteiger partial charge in [0.15, 0.2) is 0 Å². The number of carbonyl (C=O) groups is 1. The molecule has 0 radical (unpaired) electrons. The van der Waals surface area contributed by atoms with Crippen LogP contribution in [-0.2, 0) is 9.53 Å². The zero-order valence-electron chi connectivity index (χ0n) is 14.2. The third-order valence-corrected chi connectivity index (χ3v) is 3.91. The number of azide groups is 1. The number of hydrogen-bond donors (Lipinski definition) is 0. The number of fused-ring (bicyclic) bond motifs is 1. The molecule has 0 fully saturated rings. The van der Waals surface area contributed by atoms with Crippen molar-refractivity contribution in [2.75, 3.05) is 7.11 Å². The Morgan fingerprint density at radius 3 is 2.89 bits per heavy atom. The highest BCUT2D eigenvalue weighted by atomic mass is 35.5. The summed E-state index contributed by atoms with van der Waals surface area (Å²) in [6.07, 6.45) is 4.78. The monoisotopic (exact) mass is 380 g/mol. The molecule has 0 aliphatic carbocycles. The van der Waals surface area contributed by atoms with Crippen LogP contribution in [0.15, 0.2) is 65.7 Å². The molecule has 0 amide bonds. The van der Waals surface area contributed by atoms with Crippen molar-refractivity contribution in [1.29, 1.82) is 0 Å². The van der Waals surface area contributed by atoms with Crippen LogP contribution in [0.2, 0.25) is 5.02 Å². The van der Waals surface area contributed by atoms with Crippen LogP contribution in [0.25, 0.3) is 27.3 Å². The predicted molar refractivity (Wildman–Crippen MR) is 102 cm³/mol. The third-order valence-electron chi connectivity index (χ3n) is 3.68. The Bertz CT molecular complexity index is 1090. The van der Waals surface area contributed by atoms with Crippen LogP contribution < -0.4 is 4.74 Å². The lowest BCUT2D eigenvalue weighted by atomic mass is 10.1. The molecule has 0 unspecified atom stereocenters. The third kappa shape index (κ3) is 4.17. The van der Waals surface area contributed by atoms with Crippen LogP contribution in [0.1, 0.15) is 5.56 Å². The SMILES string of the molecule is COC(=O)/C(=C/c1ccc(Cl)cc1Oc1cccc2cnccc12)N=[N+]=[N-]. The number of pyridine rings is 1. The van der Waals surface area contributed by atoms with Gasteiger partial charge < -0.3 is 9.47 Å². The maximum Gasteiger partial charge on any atom is 0.340 e. The lowest BCUT2D eigenvalue weighted by Crippen LogP contribution is -2.02. The van der Waals surface area contributed by atoms with E-state index in [0.717, 1.165) is 10.8 Å². The van der Waals surface area contributed by atoms with Crippen LogP contribution in [0.3, 0.4) is 0 Å². The van der Waals surface area contributed by atoms with Gasteiger partial charge in [0.05, 0.1) is 7.11 Å². The fourth-order valence-electron chi connectivity index (χ4n) is 2.44. The molecule has 27 heavy (non-hydrogen) atoms. The number of esters is 1. The van der Waals surface area contributed by atoms with Gasteiger partial charge in [0, 0.05) is 44.7 Å². The standard InChI is InChI=1S/C19H13ClN4O3/c1-26-19(25)16(23-24-21)9-12-5-6-14(20)10-18(12)27-17-4-2-3-13-11-22-8-7-15(13)17/h2-11H,1H3/b16-9-. The Labute approximate surface area is 159 Å². The summed E-state index contributed by atoms with van der Waals surface area (Å²) in [4.78, 5) is 18.5. The largest absolute Gasteiger partial charge is 0.466 e. The number of methoxy groups -OCH3 is 1. The zero-order valence-corrected chi connectivity index (χ0v) is 14.9. The number of halogens is 1. The van der Waals surface area contributed by atoms with Crippen molar-refractivity contribution in [3.8, 4) is 11.5 Å². The molecular formula is C19H13ClN4O3. The number of hydrogen-bond acceptors (Lipinski definition) is 5. The molecule has 3 rings (SSSR count). The Hall–Kier alpha value is -3.54. The number of carbonyl (C=O) groups excluding carboxylic acids is 1. The Balaban J connectivity index is 2.09. The van der Waals surface area contributed by atoms with E-state index in [2.05, 4.69) is 19.7 Å². The number of ether oxygens (including phenoxy) is 2. The van der Waals surface area contributed by atoms with Crippen LogP contribution in [-0.4, -0.2) is 18.1 Å². The Kier molecular flexibility index (Phi) is 5.56. The highest BCUT2D eigenvalue weighted by Crippen LogP contribution is 2.34. The van der Waals surface area contributed by atoms with Crippen LogP contribution in [0.5, 0.6) is 11.5 Å². The maximum absolute atomic E-state index is 11.8. The molecule has 0 spiro atoms. The smallest absolute Gasteiger partial charge is 0.340 e. The van der Waals surface area contributed by atoms with Gasteiger partial charge in [-0.1, -0.05) is 28.8 Å². The molecule has 0 atom stereocenters. The Morgan fingerprint density at radius 2 is 2.11 bits per heavy atom. The summed E-state index contributed by atoms with van der Waals surface area (Å²) in [6.45, 7) is 0. The molecule has 1 aromatic heterocycles. The molecule has 3 aromatic rings. The quantitative estimate of drug-likeness (QED) is 0.192. The minimum absolute atomic E-state index is 0.200. The van der Waals surface area contributed by atoms with E-state index < -0.39 is 5.97 Å². The normalized spacial score (nSPS) is 11.0. The summed E-state index contributed by atoms with van der Waals surface area (Å²) in [5.41, 5.74) is 8.98. The number of aromatic nitrogens is 1. The van der Waals surface area contributed by atoms with Gasteiger partial charge in [-0.25, -0.2) is 4.79 Å². The van der Waals surface area contributed by atoms with Gasteiger partial charge in [-0.2, -0.15) is 0 Å². The second-order valence-corrected chi connectivity index (χ2v) is 5.78. The second-order valence-electron chi connectivity index (χ2n) is 5.35. The van der Waals surface area contributed by atoms with Gasteiger partial charge in [-0.05, 0) is 35.9 Å². The first-order valence-electron chi connectivity index (χ1n) is 7.77. The van der Waals surface area contributed by atoms with Crippen LogP contribution in [0.4, 0.5) is 0 Å². The van der Waals surface area contributed by atoms with Crippen molar-refractivity contribution in [2.45, 2.75) is 0 Å². The molecule has 8 heteroatoms. The van der Waals surface area contributed by atoms with E-state index in [0.29, 0.717) is 22.1 Å². The van der Waals surface area contributed by atoms with E-state index in [1.807, 2.05) is 24.3 Å². The van der Waals surface area contributed by atoms with Gasteiger partial charge in [0.2, 0.25) is 0 Å². The fourth-order valence-corrected chi connectivity index (χ4v) is 2.61. The Morgan fingerprint density at radius 1 is 1.26 bits per heavy atom. The van der Waals surface area contributed by atoms with Crippen molar-refractivity contribution < 1.29 is 14.3 Å². The molecule has 7 nitrogen and oxygen atoms in total. The molecule has 0 bridgehead atoms. The van der Waals surface area contributed by atoms with E-state index in [4.69, 9.17) is 21.9 Å². The van der Waals surface area contributed by atoms with Crippen molar-refractivity contribution in [2.24, 2.45) is 5.11 Å². The molecular weight excluding hydrogens is 368 g/mol. The molecule has 0 saturated heterocycles. The van der Waals surface area contributed by atoms with Gasteiger partial charge in [0.1, 0.15) is 17.2 Å². The van der Waals surface area contributed by atoms with Crippen LogP contribution >= 0.6 is 11.6 Å². The fraction of sp³-hybridized carbons (Fsp3) is 0.0526. The molecule has 1 heterocycles. The summed E-state index contributed by atoms with van der Waals surface area (Å²) in [6, 6.07) is 12.3.